The zero-order valence-electron chi connectivity index (χ0n) is 29.2. The molecule has 2 amide bonds. The van der Waals surface area contributed by atoms with Crippen LogP contribution in [0.5, 0.6) is 0 Å². The first-order chi connectivity index (χ1) is 21.5. The number of hydrogen-bond acceptors (Lipinski definition) is 5. The van der Waals surface area contributed by atoms with Crippen molar-refractivity contribution in [2.45, 2.75) is 142 Å². The topological polar surface area (TPSA) is 81.7 Å². The Hall–Kier alpha value is -1.57. The first-order valence-corrected chi connectivity index (χ1v) is 19.2. The lowest BCUT2D eigenvalue weighted by Gasteiger charge is -2.31. The second-order valence-electron chi connectivity index (χ2n) is 14.9. The number of aliphatic hydroxyl groups excluding tert-OH is 1. The molecule has 2 fully saturated rings. The number of nitrogens with zero attached hydrogens (tertiary/aromatic N) is 1. The fraction of sp³-hybridized carbons (Fsp3) is 0.763. The predicted molar refractivity (Wildman–Crippen MR) is 190 cm³/mol. The molecule has 0 saturated heterocycles. The molecule has 45 heavy (non-hydrogen) atoms. The summed E-state index contributed by atoms with van der Waals surface area (Å²) in [5, 5.41) is 17.3. The van der Waals surface area contributed by atoms with Crippen molar-refractivity contribution < 1.29 is 14.7 Å². The summed E-state index contributed by atoms with van der Waals surface area (Å²) >= 11 is 1.84. The van der Waals surface area contributed by atoms with Crippen molar-refractivity contribution >= 4 is 23.6 Å². The largest absolute Gasteiger partial charge is 0.393 e. The second-order valence-corrected chi connectivity index (χ2v) is 16.0. The third-order valence-electron chi connectivity index (χ3n) is 9.54. The van der Waals surface area contributed by atoms with Gasteiger partial charge in [0, 0.05) is 42.6 Å². The SMILES string of the molecule is CC(C)C[C@H](O)[CH][C@H](CC1CCCCC1)NC(=O)[C@H](CC1CC1)NC(=O)[C@@H](CSCCN(C(C)C)C(C)C)Cc1ccccc1. The van der Waals surface area contributed by atoms with E-state index < -0.39 is 12.1 Å². The van der Waals surface area contributed by atoms with E-state index in [-0.39, 0.29) is 23.8 Å². The lowest BCUT2D eigenvalue weighted by Crippen LogP contribution is -2.52. The van der Waals surface area contributed by atoms with Crippen molar-refractivity contribution in [1.82, 2.24) is 15.5 Å². The Kier molecular flexibility index (Phi) is 16.8. The molecule has 2 aliphatic rings. The van der Waals surface area contributed by atoms with Gasteiger partial charge >= 0.3 is 0 Å². The lowest BCUT2D eigenvalue weighted by atomic mass is 9.83. The molecule has 0 unspecified atom stereocenters. The summed E-state index contributed by atoms with van der Waals surface area (Å²) in [6, 6.07) is 10.5. The first kappa shape index (κ1) is 37.9. The van der Waals surface area contributed by atoms with Crippen LogP contribution in [0.4, 0.5) is 0 Å². The van der Waals surface area contributed by atoms with Gasteiger partial charge in [0.2, 0.25) is 11.8 Å². The van der Waals surface area contributed by atoms with Crippen molar-refractivity contribution in [1.29, 1.82) is 0 Å². The minimum Gasteiger partial charge on any atom is -0.393 e. The number of benzene rings is 1. The maximum Gasteiger partial charge on any atom is 0.242 e. The second kappa shape index (κ2) is 19.9. The third kappa shape index (κ3) is 14.8. The Morgan fingerprint density at radius 1 is 0.889 bits per heavy atom. The van der Waals surface area contributed by atoms with E-state index in [1.165, 1.54) is 32.1 Å². The molecule has 0 heterocycles. The fourth-order valence-electron chi connectivity index (χ4n) is 6.92. The molecule has 255 valence electrons. The number of carbonyl (C=O) groups excluding carboxylic acids is 2. The summed E-state index contributed by atoms with van der Waals surface area (Å²) in [5.41, 5.74) is 1.15. The number of amides is 2. The Morgan fingerprint density at radius 3 is 2.13 bits per heavy atom. The minimum absolute atomic E-state index is 0.0237. The zero-order chi connectivity index (χ0) is 32.8. The van der Waals surface area contributed by atoms with Crippen molar-refractivity contribution in [3.8, 4) is 0 Å². The van der Waals surface area contributed by atoms with Crippen LogP contribution in [0.15, 0.2) is 30.3 Å². The molecular weight excluding hydrogens is 579 g/mol. The summed E-state index contributed by atoms with van der Waals surface area (Å²) in [7, 11) is 0. The Balaban J connectivity index is 1.68. The Morgan fingerprint density at radius 2 is 1.53 bits per heavy atom. The molecule has 7 heteroatoms. The van der Waals surface area contributed by atoms with Crippen LogP contribution in [0.1, 0.15) is 111 Å². The van der Waals surface area contributed by atoms with Crippen LogP contribution in [0, 0.1) is 30.1 Å². The average Bonchev–Trinajstić information content (AvgIpc) is 3.80. The minimum atomic E-state index is -0.551. The highest BCUT2D eigenvalue weighted by Crippen LogP contribution is 2.34. The van der Waals surface area contributed by atoms with Crippen molar-refractivity contribution in [2.75, 3.05) is 18.1 Å². The number of rotatable bonds is 21. The van der Waals surface area contributed by atoms with Gasteiger partial charge in [-0.05, 0) is 76.7 Å². The van der Waals surface area contributed by atoms with E-state index in [1.54, 1.807) is 0 Å². The highest BCUT2D eigenvalue weighted by molar-refractivity contribution is 7.99. The van der Waals surface area contributed by atoms with E-state index in [2.05, 4.69) is 69.2 Å². The van der Waals surface area contributed by atoms with Crippen LogP contribution >= 0.6 is 11.8 Å². The average molecular weight is 643 g/mol. The molecule has 0 bridgehead atoms. The number of aliphatic hydroxyl groups is 1. The summed E-state index contributed by atoms with van der Waals surface area (Å²) in [6.07, 6.45) is 12.7. The molecule has 0 aromatic heterocycles. The summed E-state index contributed by atoms with van der Waals surface area (Å²) in [6.45, 7) is 14.2. The molecule has 2 saturated carbocycles. The van der Waals surface area contributed by atoms with Gasteiger partial charge in [0.15, 0.2) is 0 Å². The van der Waals surface area contributed by atoms with Gasteiger partial charge in [-0.3, -0.25) is 14.5 Å². The number of nitrogens with one attached hydrogen (secondary N) is 2. The van der Waals surface area contributed by atoms with Crippen LogP contribution < -0.4 is 10.6 Å². The predicted octanol–water partition coefficient (Wildman–Crippen LogP) is 7.05. The van der Waals surface area contributed by atoms with Crippen LogP contribution in [0.2, 0.25) is 0 Å². The molecule has 3 N–H and O–H groups in total. The van der Waals surface area contributed by atoms with Gasteiger partial charge in [-0.25, -0.2) is 0 Å². The molecule has 3 rings (SSSR count). The summed E-state index contributed by atoms with van der Waals surface area (Å²) in [5.74, 6) is 2.80. The smallest absolute Gasteiger partial charge is 0.242 e. The summed E-state index contributed by atoms with van der Waals surface area (Å²) in [4.78, 5) is 30.3. The zero-order valence-corrected chi connectivity index (χ0v) is 30.0. The third-order valence-corrected chi connectivity index (χ3v) is 10.7. The van der Waals surface area contributed by atoms with Gasteiger partial charge in [-0.2, -0.15) is 11.8 Å². The molecule has 2 aliphatic carbocycles. The van der Waals surface area contributed by atoms with E-state index in [4.69, 9.17) is 0 Å². The number of thioether (sulfide) groups is 1. The van der Waals surface area contributed by atoms with E-state index in [9.17, 15) is 14.7 Å². The maximum absolute atomic E-state index is 13.9. The quantitative estimate of drug-likeness (QED) is 0.125. The normalized spacial score (nSPS) is 18.7. The molecule has 1 radical (unpaired) electrons. The molecule has 1 aromatic carbocycles. The number of hydrogen-bond donors (Lipinski definition) is 3. The van der Waals surface area contributed by atoms with Crippen LogP contribution in [0.3, 0.4) is 0 Å². The van der Waals surface area contributed by atoms with Crippen molar-refractivity contribution in [2.24, 2.45) is 23.7 Å². The van der Waals surface area contributed by atoms with Crippen molar-refractivity contribution in [3.05, 3.63) is 42.3 Å². The van der Waals surface area contributed by atoms with Crippen LogP contribution in [-0.2, 0) is 16.0 Å². The van der Waals surface area contributed by atoms with Gasteiger partial charge < -0.3 is 15.7 Å². The van der Waals surface area contributed by atoms with E-state index >= 15 is 0 Å². The first-order valence-electron chi connectivity index (χ1n) is 18.0. The lowest BCUT2D eigenvalue weighted by molar-refractivity contribution is -0.131. The van der Waals surface area contributed by atoms with Gasteiger partial charge in [0.1, 0.15) is 6.04 Å². The molecule has 0 spiro atoms. The highest BCUT2D eigenvalue weighted by Gasteiger charge is 2.34. The Bertz CT molecular complexity index is 970. The van der Waals surface area contributed by atoms with Gasteiger partial charge in [0.05, 0.1) is 12.0 Å². The van der Waals surface area contributed by atoms with E-state index in [0.717, 1.165) is 42.9 Å². The van der Waals surface area contributed by atoms with E-state index in [1.807, 2.05) is 36.4 Å². The van der Waals surface area contributed by atoms with Gasteiger partial charge in [-0.1, -0.05) is 89.1 Å². The Labute approximate surface area is 279 Å². The van der Waals surface area contributed by atoms with Gasteiger partial charge in [0.25, 0.3) is 0 Å². The summed E-state index contributed by atoms with van der Waals surface area (Å²) < 4.78 is 0. The molecule has 6 nitrogen and oxygen atoms in total. The number of carbonyl (C=O) groups is 2. The molecule has 0 aliphatic heterocycles. The molecule has 1 aromatic rings. The van der Waals surface area contributed by atoms with E-state index in [0.29, 0.717) is 49.1 Å². The molecular formula is C38H64N3O3S. The fourth-order valence-corrected chi connectivity index (χ4v) is 7.98. The van der Waals surface area contributed by atoms with Crippen molar-refractivity contribution in [3.63, 3.8) is 0 Å². The van der Waals surface area contributed by atoms with Crippen LogP contribution in [0.25, 0.3) is 0 Å². The monoisotopic (exact) mass is 642 g/mol. The highest BCUT2D eigenvalue weighted by atomic mass is 32.2. The molecule has 4 atom stereocenters. The van der Waals surface area contributed by atoms with Gasteiger partial charge in [-0.15, -0.1) is 0 Å². The standard InChI is InChI=1S/C38H64N3O3S/c1-27(2)21-35(42)25-34(23-31-15-11-8-12-16-31)39-38(44)36(24-32-17-18-32)40-37(43)33(22-30-13-9-7-10-14-30)26-45-20-19-41(28(3)4)29(5)6/h7,9-10,13-14,25,27-29,31-36,42H,8,11-12,15-24,26H2,1-6H3,(H,39,44)(H,40,43)/t33-,34+,35+,36+/m1/s1. The van der Waals surface area contributed by atoms with Crippen LogP contribution in [-0.4, -0.2) is 70.1 Å². The maximum atomic E-state index is 13.9.